The molecule has 0 unspecified atom stereocenters. The molecule has 0 heterocycles. The van der Waals surface area contributed by atoms with Crippen LogP contribution in [-0.2, 0) is 0 Å². The van der Waals surface area contributed by atoms with E-state index in [9.17, 15) is 0 Å². The zero-order valence-corrected chi connectivity index (χ0v) is 10.3. The van der Waals surface area contributed by atoms with E-state index >= 15 is 0 Å². The normalized spacial score (nSPS) is 13.4. The lowest BCUT2D eigenvalue weighted by molar-refractivity contribution is 1.16. The van der Waals surface area contributed by atoms with Crippen LogP contribution in [0.3, 0.4) is 0 Å². The number of allylic oxidation sites excluding steroid dienone is 3. The molecular weight excluding hydrogens is 194 g/mol. The first-order valence-electron chi connectivity index (χ1n) is 5.67. The first kappa shape index (κ1) is 12.4. The smallest absolute Gasteiger partial charge is 0.0599 e. The van der Waals surface area contributed by atoms with Gasteiger partial charge in [-0.1, -0.05) is 49.4 Å². The summed E-state index contributed by atoms with van der Waals surface area (Å²) < 4.78 is 0. The van der Waals surface area contributed by atoms with Gasteiger partial charge in [0.05, 0.1) is 5.71 Å². The Bertz CT molecular complexity index is 397. The highest BCUT2D eigenvalue weighted by atomic mass is 14.7. The van der Waals surface area contributed by atoms with Gasteiger partial charge in [-0.3, -0.25) is 4.99 Å². The van der Waals surface area contributed by atoms with Crippen molar-refractivity contribution in [2.45, 2.75) is 20.3 Å². The molecule has 0 amide bonds. The fourth-order valence-electron chi connectivity index (χ4n) is 1.60. The Labute approximate surface area is 98.2 Å². The summed E-state index contributed by atoms with van der Waals surface area (Å²) in [6.07, 6.45) is 7.32. The van der Waals surface area contributed by atoms with Crippen LogP contribution in [0.2, 0.25) is 0 Å². The quantitative estimate of drug-likeness (QED) is 0.667. The van der Waals surface area contributed by atoms with Crippen LogP contribution < -0.4 is 0 Å². The molecule has 0 saturated heterocycles. The van der Waals surface area contributed by atoms with E-state index in [-0.39, 0.29) is 0 Å². The zero-order valence-electron chi connectivity index (χ0n) is 10.3. The number of aliphatic imine (C=N–C) groups is 1. The fraction of sp³-hybridized carbons (Fsp3) is 0.267. The molecule has 0 atom stereocenters. The molecule has 1 rings (SSSR count). The summed E-state index contributed by atoms with van der Waals surface area (Å²) in [4.78, 5) is 4.31. The van der Waals surface area contributed by atoms with Crippen molar-refractivity contribution in [1.82, 2.24) is 0 Å². The van der Waals surface area contributed by atoms with Crippen molar-refractivity contribution in [3.05, 3.63) is 53.6 Å². The molecule has 1 heteroatoms. The minimum Gasteiger partial charge on any atom is -0.288 e. The van der Waals surface area contributed by atoms with Gasteiger partial charge >= 0.3 is 0 Å². The number of benzene rings is 1. The zero-order chi connectivity index (χ0) is 11.8. The van der Waals surface area contributed by atoms with Gasteiger partial charge in [0.15, 0.2) is 0 Å². The highest BCUT2D eigenvalue weighted by molar-refractivity contribution is 6.10. The summed E-state index contributed by atoms with van der Waals surface area (Å²) >= 11 is 0. The van der Waals surface area contributed by atoms with Gasteiger partial charge in [-0.15, -0.1) is 0 Å². The molecule has 1 nitrogen and oxygen atoms in total. The van der Waals surface area contributed by atoms with Crippen molar-refractivity contribution in [2.24, 2.45) is 4.99 Å². The topological polar surface area (TPSA) is 12.4 Å². The molecule has 84 valence electrons. The predicted molar refractivity (Wildman–Crippen MR) is 72.9 cm³/mol. The standard InChI is InChI=1S/C15H19N/c1-4-14(5-2)15(16-3)12-11-13-9-7-6-8-10-13/h4,6-12H,5H2,1-3H3/b12-11+,14-4+,16-15?. The second kappa shape index (κ2) is 6.78. The third-order valence-corrected chi connectivity index (χ3v) is 2.53. The van der Waals surface area contributed by atoms with Gasteiger partial charge in [0.1, 0.15) is 0 Å². The monoisotopic (exact) mass is 213 g/mol. The summed E-state index contributed by atoms with van der Waals surface area (Å²) in [5.74, 6) is 0. The van der Waals surface area contributed by atoms with Crippen LogP contribution >= 0.6 is 0 Å². The maximum absolute atomic E-state index is 4.31. The van der Waals surface area contributed by atoms with E-state index in [4.69, 9.17) is 0 Å². The maximum Gasteiger partial charge on any atom is 0.0599 e. The van der Waals surface area contributed by atoms with Crippen molar-refractivity contribution >= 4 is 11.8 Å². The largest absolute Gasteiger partial charge is 0.288 e. The lowest BCUT2D eigenvalue weighted by Gasteiger charge is -2.02. The second-order valence-corrected chi connectivity index (χ2v) is 3.52. The molecule has 1 aromatic rings. The van der Waals surface area contributed by atoms with Crippen molar-refractivity contribution in [3.63, 3.8) is 0 Å². The van der Waals surface area contributed by atoms with Crippen LogP contribution in [0, 0.1) is 0 Å². The van der Waals surface area contributed by atoms with Crippen LogP contribution in [0.4, 0.5) is 0 Å². The minimum atomic E-state index is 1.02. The molecule has 0 aliphatic heterocycles. The molecule has 0 saturated carbocycles. The summed E-state index contributed by atoms with van der Waals surface area (Å²) in [6, 6.07) is 10.3. The van der Waals surface area contributed by atoms with E-state index in [1.54, 1.807) is 0 Å². The number of hydrogen-bond donors (Lipinski definition) is 0. The van der Waals surface area contributed by atoms with Crippen molar-refractivity contribution < 1.29 is 0 Å². The molecular formula is C15H19N. The van der Waals surface area contributed by atoms with Crippen LogP contribution in [0.5, 0.6) is 0 Å². The van der Waals surface area contributed by atoms with Gasteiger partial charge in [0.2, 0.25) is 0 Å². The Morgan fingerprint density at radius 1 is 1.25 bits per heavy atom. The van der Waals surface area contributed by atoms with E-state index in [1.165, 1.54) is 11.1 Å². The van der Waals surface area contributed by atoms with Crippen LogP contribution in [0.25, 0.3) is 6.08 Å². The van der Waals surface area contributed by atoms with E-state index < -0.39 is 0 Å². The molecule has 0 fully saturated rings. The van der Waals surface area contributed by atoms with Gasteiger partial charge in [-0.2, -0.15) is 0 Å². The highest BCUT2D eigenvalue weighted by Crippen LogP contribution is 2.08. The van der Waals surface area contributed by atoms with Crippen molar-refractivity contribution in [2.75, 3.05) is 7.05 Å². The number of nitrogens with zero attached hydrogens (tertiary/aromatic N) is 1. The third-order valence-electron chi connectivity index (χ3n) is 2.53. The van der Waals surface area contributed by atoms with E-state index in [0.717, 1.165) is 12.1 Å². The molecule has 0 N–H and O–H groups in total. The van der Waals surface area contributed by atoms with Crippen LogP contribution in [-0.4, -0.2) is 12.8 Å². The minimum absolute atomic E-state index is 1.02. The first-order valence-corrected chi connectivity index (χ1v) is 5.67. The Balaban J connectivity index is 2.83. The Morgan fingerprint density at radius 3 is 2.44 bits per heavy atom. The Kier molecular flexibility index (Phi) is 5.27. The van der Waals surface area contributed by atoms with E-state index in [1.807, 2.05) is 25.2 Å². The maximum atomic E-state index is 4.31. The van der Waals surface area contributed by atoms with Gasteiger partial charge in [-0.05, 0) is 30.6 Å². The number of hydrogen-bond acceptors (Lipinski definition) is 1. The highest BCUT2D eigenvalue weighted by Gasteiger charge is 1.98. The van der Waals surface area contributed by atoms with Gasteiger partial charge in [0, 0.05) is 7.05 Å². The molecule has 0 aliphatic carbocycles. The second-order valence-electron chi connectivity index (χ2n) is 3.52. The fourth-order valence-corrected chi connectivity index (χ4v) is 1.60. The lowest BCUT2D eigenvalue weighted by Crippen LogP contribution is -1.97. The average Bonchev–Trinajstić information content (AvgIpc) is 2.35. The number of rotatable bonds is 4. The van der Waals surface area contributed by atoms with Crippen molar-refractivity contribution in [3.8, 4) is 0 Å². The molecule has 0 bridgehead atoms. The summed E-state index contributed by atoms with van der Waals surface area (Å²) in [7, 11) is 1.84. The van der Waals surface area contributed by atoms with Crippen LogP contribution in [0.15, 0.2) is 53.0 Å². The molecule has 0 aliphatic rings. The molecule has 0 aromatic heterocycles. The van der Waals surface area contributed by atoms with Crippen LogP contribution in [0.1, 0.15) is 25.8 Å². The average molecular weight is 213 g/mol. The van der Waals surface area contributed by atoms with Gasteiger partial charge < -0.3 is 0 Å². The van der Waals surface area contributed by atoms with E-state index in [0.29, 0.717) is 0 Å². The molecule has 0 spiro atoms. The van der Waals surface area contributed by atoms with Crippen molar-refractivity contribution in [1.29, 1.82) is 0 Å². The van der Waals surface area contributed by atoms with E-state index in [2.05, 4.69) is 49.2 Å². The van der Waals surface area contributed by atoms with Gasteiger partial charge in [0.25, 0.3) is 0 Å². The Morgan fingerprint density at radius 2 is 1.94 bits per heavy atom. The molecule has 0 radical (unpaired) electrons. The first-order chi connectivity index (χ1) is 7.81. The Hall–Kier alpha value is -1.63. The SMILES string of the molecule is C/C=C(\CC)C(/C=C/c1ccccc1)=NC. The summed E-state index contributed by atoms with van der Waals surface area (Å²) in [6.45, 7) is 4.21. The third kappa shape index (κ3) is 3.50. The molecule has 1 aromatic carbocycles. The molecule has 16 heavy (non-hydrogen) atoms. The summed E-state index contributed by atoms with van der Waals surface area (Å²) in [5.41, 5.74) is 3.55. The lowest BCUT2D eigenvalue weighted by atomic mass is 10.1. The summed E-state index contributed by atoms with van der Waals surface area (Å²) in [5, 5.41) is 0. The van der Waals surface area contributed by atoms with Gasteiger partial charge in [-0.25, -0.2) is 0 Å². The predicted octanol–water partition coefficient (Wildman–Crippen LogP) is 4.13.